The summed E-state index contributed by atoms with van der Waals surface area (Å²) in [5.41, 5.74) is 0.961. The Morgan fingerprint density at radius 3 is 2.75 bits per heavy atom. The zero-order valence-corrected chi connectivity index (χ0v) is 13.1. The Balaban J connectivity index is 2.29. The summed E-state index contributed by atoms with van der Waals surface area (Å²) in [5.74, 6) is 0. The Morgan fingerprint density at radius 1 is 1.35 bits per heavy atom. The van der Waals surface area contributed by atoms with Crippen LogP contribution in [0.4, 0.5) is 0 Å². The minimum Gasteiger partial charge on any atom is -0.394 e. The van der Waals surface area contributed by atoms with E-state index in [1.54, 1.807) is 0 Å². The fourth-order valence-electron chi connectivity index (χ4n) is 2.05. The van der Waals surface area contributed by atoms with Crippen molar-refractivity contribution < 1.29 is 5.11 Å². The van der Waals surface area contributed by atoms with Gasteiger partial charge in [-0.15, -0.1) is 0 Å². The van der Waals surface area contributed by atoms with Gasteiger partial charge in [0.25, 0.3) is 0 Å². The number of hydrogen-bond donors (Lipinski definition) is 2. The highest BCUT2D eigenvalue weighted by atomic mass is 16.3. The number of rotatable bonds is 10. The lowest BCUT2D eigenvalue weighted by Crippen LogP contribution is -2.48. The minimum atomic E-state index is -0.171. The number of nitrogens with zero attached hydrogens (tertiary/aromatic N) is 2. The summed E-state index contributed by atoms with van der Waals surface area (Å²) in [5, 5.41) is 13.0. The molecule has 2 N–H and O–H groups in total. The summed E-state index contributed by atoms with van der Waals surface area (Å²) in [7, 11) is 2.13. The largest absolute Gasteiger partial charge is 0.394 e. The van der Waals surface area contributed by atoms with Crippen molar-refractivity contribution in [3.8, 4) is 0 Å². The summed E-state index contributed by atoms with van der Waals surface area (Å²) in [6, 6.07) is 6.04. The van der Waals surface area contributed by atoms with Crippen LogP contribution in [0.15, 0.2) is 24.4 Å². The smallest absolute Gasteiger partial charge is 0.0611 e. The van der Waals surface area contributed by atoms with Gasteiger partial charge in [-0.05, 0) is 52.0 Å². The maximum Gasteiger partial charge on any atom is 0.0611 e. The third-order valence-corrected chi connectivity index (χ3v) is 3.67. The van der Waals surface area contributed by atoms with E-state index in [0.717, 1.165) is 44.6 Å². The van der Waals surface area contributed by atoms with Crippen LogP contribution in [-0.4, -0.2) is 53.8 Å². The average Bonchev–Trinajstić information content (AvgIpc) is 2.50. The van der Waals surface area contributed by atoms with Gasteiger partial charge in [0, 0.05) is 30.4 Å². The van der Waals surface area contributed by atoms with E-state index in [0.29, 0.717) is 0 Å². The molecule has 0 radical (unpaired) electrons. The van der Waals surface area contributed by atoms with E-state index in [2.05, 4.69) is 42.2 Å². The molecule has 20 heavy (non-hydrogen) atoms. The van der Waals surface area contributed by atoms with Crippen molar-refractivity contribution in [3.05, 3.63) is 30.1 Å². The van der Waals surface area contributed by atoms with Gasteiger partial charge in [-0.2, -0.15) is 0 Å². The van der Waals surface area contributed by atoms with Crippen LogP contribution < -0.4 is 5.32 Å². The highest BCUT2D eigenvalue weighted by molar-refractivity contribution is 5.03. The summed E-state index contributed by atoms with van der Waals surface area (Å²) in [4.78, 5) is 6.64. The summed E-state index contributed by atoms with van der Waals surface area (Å²) in [6.45, 7) is 7.34. The molecule has 4 heteroatoms. The summed E-state index contributed by atoms with van der Waals surface area (Å²) < 4.78 is 0. The Morgan fingerprint density at radius 2 is 2.15 bits per heavy atom. The van der Waals surface area contributed by atoms with Gasteiger partial charge in [0.2, 0.25) is 0 Å². The van der Waals surface area contributed by atoms with Crippen molar-refractivity contribution in [2.24, 2.45) is 0 Å². The molecule has 0 saturated heterocycles. The van der Waals surface area contributed by atoms with Crippen molar-refractivity contribution in [2.75, 3.05) is 33.3 Å². The Kier molecular flexibility index (Phi) is 7.73. The maximum atomic E-state index is 9.54. The molecule has 1 heterocycles. The number of likely N-dealkylation sites (N-methyl/N-ethyl adjacent to an activating group) is 1. The Labute approximate surface area is 123 Å². The van der Waals surface area contributed by atoms with Gasteiger partial charge in [0.15, 0.2) is 0 Å². The molecule has 1 aromatic rings. The molecule has 0 amide bonds. The van der Waals surface area contributed by atoms with Crippen LogP contribution >= 0.6 is 0 Å². The summed E-state index contributed by atoms with van der Waals surface area (Å²) in [6.07, 6.45) is 4.84. The van der Waals surface area contributed by atoms with Gasteiger partial charge >= 0.3 is 0 Å². The number of aromatic nitrogens is 1. The third kappa shape index (κ3) is 6.46. The Bertz CT molecular complexity index is 358. The molecular formula is C16H29N3O. The third-order valence-electron chi connectivity index (χ3n) is 3.67. The number of aliphatic hydroxyl groups is 1. The predicted molar refractivity (Wildman–Crippen MR) is 83.8 cm³/mol. The van der Waals surface area contributed by atoms with Crippen molar-refractivity contribution in [1.82, 2.24) is 15.2 Å². The van der Waals surface area contributed by atoms with Crippen LogP contribution in [0.5, 0.6) is 0 Å². The molecule has 4 nitrogen and oxygen atoms in total. The molecule has 0 saturated carbocycles. The number of pyridine rings is 1. The van der Waals surface area contributed by atoms with Gasteiger partial charge in [0.05, 0.1) is 6.61 Å². The molecular weight excluding hydrogens is 250 g/mol. The van der Waals surface area contributed by atoms with Gasteiger partial charge in [-0.25, -0.2) is 0 Å². The second-order valence-corrected chi connectivity index (χ2v) is 5.77. The van der Waals surface area contributed by atoms with Crippen LogP contribution in [0.2, 0.25) is 0 Å². The molecule has 0 aliphatic rings. The molecule has 0 fully saturated rings. The topological polar surface area (TPSA) is 48.4 Å². The van der Waals surface area contributed by atoms with Crippen LogP contribution in [0, 0.1) is 0 Å². The van der Waals surface area contributed by atoms with Crippen molar-refractivity contribution in [2.45, 2.75) is 38.6 Å². The second kappa shape index (κ2) is 9.06. The first kappa shape index (κ1) is 17.1. The fraction of sp³-hybridized carbons (Fsp3) is 0.688. The lowest BCUT2D eigenvalue weighted by atomic mass is 9.98. The maximum absolute atomic E-state index is 9.54. The monoisotopic (exact) mass is 279 g/mol. The normalized spacial score (nSPS) is 14.4. The van der Waals surface area contributed by atoms with Crippen LogP contribution in [0.3, 0.4) is 0 Å². The first-order chi connectivity index (χ1) is 9.59. The second-order valence-electron chi connectivity index (χ2n) is 5.77. The molecule has 0 aliphatic heterocycles. The molecule has 0 aliphatic carbocycles. The van der Waals surface area contributed by atoms with E-state index in [1.165, 1.54) is 0 Å². The standard InChI is InChI=1S/C16H29N3O/c1-4-10-18-16(2,14-20)9-13-19(3)12-8-15-7-5-6-11-17-15/h5-7,11,18,20H,4,8-10,12-14H2,1-3H3. The van der Waals surface area contributed by atoms with Crippen molar-refractivity contribution in [1.29, 1.82) is 0 Å². The quantitative estimate of drug-likeness (QED) is 0.684. The zero-order chi connectivity index (χ0) is 14.8. The van der Waals surface area contributed by atoms with E-state index >= 15 is 0 Å². The van der Waals surface area contributed by atoms with E-state index < -0.39 is 0 Å². The highest BCUT2D eigenvalue weighted by Crippen LogP contribution is 2.10. The van der Waals surface area contributed by atoms with E-state index in [1.807, 2.05) is 18.3 Å². The van der Waals surface area contributed by atoms with Gasteiger partial charge < -0.3 is 15.3 Å². The van der Waals surface area contributed by atoms with Crippen molar-refractivity contribution >= 4 is 0 Å². The first-order valence-corrected chi connectivity index (χ1v) is 7.54. The molecule has 1 unspecified atom stereocenters. The molecule has 114 valence electrons. The van der Waals surface area contributed by atoms with Gasteiger partial charge in [-0.1, -0.05) is 13.0 Å². The SMILES string of the molecule is CCCNC(C)(CO)CCN(C)CCc1ccccn1. The molecule has 0 aromatic carbocycles. The lowest BCUT2D eigenvalue weighted by Gasteiger charge is -2.31. The van der Waals surface area contributed by atoms with E-state index in [4.69, 9.17) is 0 Å². The number of nitrogens with one attached hydrogen (secondary N) is 1. The van der Waals surface area contributed by atoms with Gasteiger partial charge in [0.1, 0.15) is 0 Å². The van der Waals surface area contributed by atoms with Crippen LogP contribution in [0.25, 0.3) is 0 Å². The molecule has 1 aromatic heterocycles. The van der Waals surface area contributed by atoms with Crippen LogP contribution in [0.1, 0.15) is 32.4 Å². The molecule has 1 rings (SSSR count). The van der Waals surface area contributed by atoms with E-state index in [-0.39, 0.29) is 12.1 Å². The predicted octanol–water partition coefficient (Wildman–Crippen LogP) is 1.70. The minimum absolute atomic E-state index is 0.171. The van der Waals surface area contributed by atoms with Crippen LogP contribution in [-0.2, 0) is 6.42 Å². The summed E-state index contributed by atoms with van der Waals surface area (Å²) >= 11 is 0. The Hall–Kier alpha value is -0.970. The highest BCUT2D eigenvalue weighted by Gasteiger charge is 2.22. The number of aliphatic hydroxyl groups excluding tert-OH is 1. The zero-order valence-electron chi connectivity index (χ0n) is 13.1. The molecule has 1 atom stereocenters. The van der Waals surface area contributed by atoms with Gasteiger partial charge in [-0.3, -0.25) is 4.98 Å². The molecule has 0 bridgehead atoms. The molecule has 0 spiro atoms. The lowest BCUT2D eigenvalue weighted by molar-refractivity contribution is 0.151. The number of hydrogen-bond acceptors (Lipinski definition) is 4. The first-order valence-electron chi connectivity index (χ1n) is 7.54. The van der Waals surface area contributed by atoms with E-state index in [9.17, 15) is 5.11 Å². The average molecular weight is 279 g/mol. The fourth-order valence-corrected chi connectivity index (χ4v) is 2.05. The van der Waals surface area contributed by atoms with Crippen molar-refractivity contribution in [3.63, 3.8) is 0 Å².